The zero-order chi connectivity index (χ0) is 17.0. The van der Waals surface area contributed by atoms with Crippen molar-refractivity contribution >= 4 is 28.7 Å². The minimum atomic E-state index is -0.590. The molecule has 1 heterocycles. The lowest BCUT2D eigenvalue weighted by molar-refractivity contribution is -0.384. The first kappa shape index (κ1) is 16.9. The van der Waals surface area contributed by atoms with E-state index in [1.165, 1.54) is 23.5 Å². The second kappa shape index (κ2) is 6.74. The number of amides is 2. The molecule has 2 amide bonds. The average molecular weight is 334 g/mol. The van der Waals surface area contributed by atoms with Crippen molar-refractivity contribution in [1.82, 2.24) is 10.3 Å². The highest BCUT2D eigenvalue weighted by atomic mass is 32.1. The zero-order valence-corrected chi connectivity index (χ0v) is 13.9. The van der Waals surface area contributed by atoms with Crippen LogP contribution in [0.3, 0.4) is 0 Å². The molecular formula is C15H18N4O3S. The maximum Gasteiger partial charge on any atom is 0.320 e. The van der Waals surface area contributed by atoms with Crippen molar-refractivity contribution in [3.63, 3.8) is 0 Å². The van der Waals surface area contributed by atoms with Crippen molar-refractivity contribution in [3.8, 4) is 0 Å². The number of urea groups is 1. The molecule has 1 aromatic heterocycles. The lowest BCUT2D eigenvalue weighted by atomic mass is 10.0. The van der Waals surface area contributed by atoms with E-state index in [1.807, 2.05) is 19.2 Å². The normalized spacial score (nSPS) is 13.2. The van der Waals surface area contributed by atoms with E-state index in [1.54, 1.807) is 19.2 Å². The number of nitrogens with one attached hydrogen (secondary N) is 2. The molecule has 23 heavy (non-hydrogen) atoms. The molecule has 2 aromatic rings. The maximum absolute atomic E-state index is 12.3. The van der Waals surface area contributed by atoms with Crippen LogP contribution in [0.4, 0.5) is 16.2 Å². The number of thiazole rings is 1. The number of non-ortho nitro benzene ring substituents is 1. The molecule has 0 bridgehead atoms. The number of rotatable bonds is 5. The van der Waals surface area contributed by atoms with Crippen molar-refractivity contribution in [2.45, 2.75) is 32.7 Å². The van der Waals surface area contributed by atoms with E-state index in [0.717, 1.165) is 10.6 Å². The summed E-state index contributed by atoms with van der Waals surface area (Å²) < 4.78 is 0. The van der Waals surface area contributed by atoms with Crippen molar-refractivity contribution in [2.24, 2.45) is 0 Å². The Morgan fingerprint density at radius 3 is 2.78 bits per heavy atom. The largest absolute Gasteiger partial charge is 0.326 e. The molecule has 2 N–H and O–H groups in total. The van der Waals surface area contributed by atoms with Crippen LogP contribution >= 0.6 is 11.3 Å². The highest BCUT2D eigenvalue weighted by Crippen LogP contribution is 2.27. The molecule has 1 aromatic carbocycles. The number of anilines is 1. The fraction of sp³-hybridized carbons (Fsp3) is 0.333. The molecule has 122 valence electrons. The molecule has 0 fully saturated rings. The Hall–Kier alpha value is -2.48. The molecule has 0 unspecified atom stereocenters. The second-order valence-electron chi connectivity index (χ2n) is 5.36. The van der Waals surface area contributed by atoms with Gasteiger partial charge in [0.15, 0.2) is 0 Å². The van der Waals surface area contributed by atoms with Gasteiger partial charge in [0, 0.05) is 23.7 Å². The van der Waals surface area contributed by atoms with Crippen molar-refractivity contribution in [2.75, 3.05) is 5.32 Å². The van der Waals surface area contributed by atoms with Crippen LogP contribution in [-0.2, 0) is 5.54 Å². The van der Waals surface area contributed by atoms with Crippen molar-refractivity contribution in [3.05, 3.63) is 50.5 Å². The van der Waals surface area contributed by atoms with Gasteiger partial charge in [-0.3, -0.25) is 10.1 Å². The average Bonchev–Trinajstić information content (AvgIpc) is 3.04. The van der Waals surface area contributed by atoms with E-state index in [-0.39, 0.29) is 5.69 Å². The Morgan fingerprint density at radius 1 is 1.48 bits per heavy atom. The predicted molar refractivity (Wildman–Crippen MR) is 89.7 cm³/mol. The Labute approximate surface area is 137 Å². The predicted octanol–water partition coefficient (Wildman–Crippen LogP) is 3.81. The monoisotopic (exact) mass is 334 g/mol. The summed E-state index contributed by atoms with van der Waals surface area (Å²) in [6.07, 6.45) is 2.36. The number of nitro benzene ring substituents is 1. The number of aromatic nitrogens is 1. The summed E-state index contributed by atoms with van der Waals surface area (Å²) in [5, 5.41) is 19.1. The smallest absolute Gasteiger partial charge is 0.320 e. The van der Waals surface area contributed by atoms with Crippen LogP contribution in [0.25, 0.3) is 0 Å². The highest BCUT2D eigenvalue weighted by Gasteiger charge is 2.29. The van der Waals surface area contributed by atoms with Gasteiger partial charge in [-0.05, 0) is 25.8 Å². The summed E-state index contributed by atoms with van der Waals surface area (Å²) in [6.45, 7) is 5.63. The van der Waals surface area contributed by atoms with Gasteiger partial charge < -0.3 is 10.6 Å². The summed E-state index contributed by atoms with van der Waals surface area (Å²) in [5.41, 5.74) is 0.504. The SMILES string of the molecule is CC[C@](C)(NC(=O)Nc1cc([N+](=O)[O-])ccc1C)c1nccs1. The van der Waals surface area contributed by atoms with Crippen LogP contribution in [0.15, 0.2) is 29.8 Å². The third kappa shape index (κ3) is 3.84. The van der Waals surface area contributed by atoms with Crippen molar-refractivity contribution in [1.29, 1.82) is 0 Å². The third-order valence-corrected chi connectivity index (χ3v) is 4.72. The van der Waals surface area contributed by atoms with E-state index < -0.39 is 16.5 Å². The molecule has 0 aliphatic heterocycles. The van der Waals surface area contributed by atoms with Gasteiger partial charge >= 0.3 is 6.03 Å². The highest BCUT2D eigenvalue weighted by molar-refractivity contribution is 7.09. The van der Waals surface area contributed by atoms with Gasteiger partial charge in [-0.25, -0.2) is 9.78 Å². The summed E-state index contributed by atoms with van der Waals surface area (Å²) >= 11 is 1.47. The lowest BCUT2D eigenvalue weighted by Gasteiger charge is -2.27. The Balaban J connectivity index is 2.16. The fourth-order valence-corrected chi connectivity index (χ4v) is 2.88. The van der Waals surface area contributed by atoms with Gasteiger partial charge in [0.25, 0.3) is 5.69 Å². The number of hydrogen-bond acceptors (Lipinski definition) is 5. The molecular weight excluding hydrogens is 316 g/mol. The number of hydrogen-bond donors (Lipinski definition) is 2. The van der Waals surface area contributed by atoms with Gasteiger partial charge in [0.05, 0.1) is 16.1 Å². The first-order valence-electron chi connectivity index (χ1n) is 7.10. The molecule has 0 spiro atoms. The quantitative estimate of drug-likeness (QED) is 0.642. The fourth-order valence-electron chi connectivity index (χ4n) is 2.05. The first-order chi connectivity index (χ1) is 10.9. The van der Waals surface area contributed by atoms with E-state index in [4.69, 9.17) is 0 Å². The molecule has 0 saturated carbocycles. The van der Waals surface area contributed by atoms with Crippen LogP contribution in [0, 0.1) is 17.0 Å². The number of benzene rings is 1. The number of carbonyl (C=O) groups is 1. The van der Waals surface area contributed by atoms with E-state index in [9.17, 15) is 14.9 Å². The molecule has 1 atom stereocenters. The van der Waals surface area contributed by atoms with Gasteiger partial charge in [-0.1, -0.05) is 13.0 Å². The number of nitrogens with zero attached hydrogens (tertiary/aromatic N) is 2. The molecule has 2 rings (SSSR count). The Morgan fingerprint density at radius 2 is 2.22 bits per heavy atom. The van der Waals surface area contributed by atoms with Gasteiger partial charge in [0.1, 0.15) is 5.01 Å². The number of aryl methyl sites for hydroxylation is 1. The van der Waals surface area contributed by atoms with Crippen LogP contribution < -0.4 is 10.6 Å². The van der Waals surface area contributed by atoms with Crippen LogP contribution in [0.1, 0.15) is 30.8 Å². The van der Waals surface area contributed by atoms with Gasteiger partial charge in [-0.2, -0.15) is 0 Å². The maximum atomic E-state index is 12.3. The van der Waals surface area contributed by atoms with Gasteiger partial charge in [-0.15, -0.1) is 11.3 Å². The minimum Gasteiger partial charge on any atom is -0.326 e. The molecule has 0 radical (unpaired) electrons. The van der Waals surface area contributed by atoms with Gasteiger partial charge in [0.2, 0.25) is 0 Å². The lowest BCUT2D eigenvalue weighted by Crippen LogP contribution is -2.45. The summed E-state index contributed by atoms with van der Waals surface area (Å²) in [6, 6.07) is 3.94. The topological polar surface area (TPSA) is 97.2 Å². The first-order valence-corrected chi connectivity index (χ1v) is 7.98. The molecule has 0 aliphatic carbocycles. The molecule has 8 heteroatoms. The Bertz CT molecular complexity index is 718. The number of nitro groups is 1. The molecule has 0 saturated heterocycles. The van der Waals surface area contributed by atoms with Crippen molar-refractivity contribution < 1.29 is 9.72 Å². The molecule has 0 aliphatic rings. The summed E-state index contributed by atoms with van der Waals surface area (Å²) in [7, 11) is 0. The van der Waals surface area contributed by atoms with Crippen LogP contribution in [0.2, 0.25) is 0 Å². The second-order valence-corrected chi connectivity index (χ2v) is 6.25. The standard InChI is InChI=1S/C15H18N4O3S/c1-4-15(3,13-16-7-8-23-13)18-14(20)17-12-9-11(19(21)22)6-5-10(12)2/h5-9H,4H2,1-3H3,(H2,17,18,20)/t15-/m0/s1. The van der Waals surface area contributed by atoms with E-state index in [2.05, 4.69) is 15.6 Å². The van der Waals surface area contributed by atoms with E-state index in [0.29, 0.717) is 12.1 Å². The molecule has 7 nitrogen and oxygen atoms in total. The summed E-state index contributed by atoms with van der Waals surface area (Å²) in [5.74, 6) is 0. The number of carbonyl (C=O) groups excluding carboxylic acids is 1. The minimum absolute atomic E-state index is 0.0657. The Kier molecular flexibility index (Phi) is 4.95. The summed E-state index contributed by atoms with van der Waals surface area (Å²) in [4.78, 5) is 26.9. The van der Waals surface area contributed by atoms with Crippen LogP contribution in [0.5, 0.6) is 0 Å². The zero-order valence-electron chi connectivity index (χ0n) is 13.1. The van der Waals surface area contributed by atoms with Crippen LogP contribution in [-0.4, -0.2) is 15.9 Å². The third-order valence-electron chi connectivity index (χ3n) is 3.68. The van der Waals surface area contributed by atoms with E-state index >= 15 is 0 Å².